The molecule has 2 heterocycles. The maximum Gasteiger partial charge on any atom is 0.410 e. The third-order valence-corrected chi connectivity index (χ3v) is 6.06. The second kappa shape index (κ2) is 10.5. The van der Waals surface area contributed by atoms with Crippen LogP contribution in [-0.2, 0) is 9.53 Å². The van der Waals surface area contributed by atoms with Crippen LogP contribution in [0.1, 0.15) is 111 Å². The first-order chi connectivity index (χ1) is 12.8. The van der Waals surface area contributed by atoms with Gasteiger partial charge >= 0.3 is 6.09 Å². The Morgan fingerprint density at radius 1 is 0.926 bits per heavy atom. The first kappa shape index (κ1) is 22.2. The summed E-state index contributed by atoms with van der Waals surface area (Å²) in [5.74, 6) is 0.586. The Balaban J connectivity index is 1.78. The smallest absolute Gasteiger partial charge is 0.410 e. The van der Waals surface area contributed by atoms with Crippen LogP contribution in [0.2, 0.25) is 0 Å². The maximum atomic E-state index is 12.7. The highest BCUT2D eigenvalue weighted by Gasteiger charge is 2.44. The number of hydrogen-bond donors (Lipinski definition) is 0. The van der Waals surface area contributed by atoms with E-state index in [2.05, 4.69) is 6.92 Å². The molecule has 4 nitrogen and oxygen atoms in total. The normalized spacial score (nSPS) is 25.3. The number of carbonyl (C=O) groups is 2. The van der Waals surface area contributed by atoms with E-state index in [1.54, 1.807) is 0 Å². The Hall–Kier alpha value is -1.06. The number of rotatable bonds is 9. The molecule has 0 radical (unpaired) electrons. The molecule has 0 N–H and O–H groups in total. The zero-order valence-electron chi connectivity index (χ0n) is 18.1. The maximum absolute atomic E-state index is 12.7. The van der Waals surface area contributed by atoms with Crippen molar-refractivity contribution in [1.82, 2.24) is 4.90 Å². The Morgan fingerprint density at radius 3 is 2.04 bits per heavy atom. The van der Waals surface area contributed by atoms with Crippen molar-refractivity contribution in [2.75, 3.05) is 0 Å². The van der Waals surface area contributed by atoms with Gasteiger partial charge < -0.3 is 9.64 Å². The highest BCUT2D eigenvalue weighted by Crippen LogP contribution is 2.38. The fourth-order valence-corrected chi connectivity index (χ4v) is 4.72. The zero-order chi connectivity index (χ0) is 19.9. The quantitative estimate of drug-likeness (QED) is 0.444. The monoisotopic (exact) mass is 379 g/mol. The van der Waals surface area contributed by atoms with E-state index in [1.807, 2.05) is 25.7 Å². The van der Waals surface area contributed by atoms with Gasteiger partial charge in [-0.25, -0.2) is 4.79 Å². The predicted molar refractivity (Wildman–Crippen MR) is 110 cm³/mol. The Kier molecular flexibility index (Phi) is 8.62. The number of nitrogens with zero attached hydrogens (tertiary/aromatic N) is 1. The minimum absolute atomic E-state index is 0.152. The average Bonchev–Trinajstić information content (AvgIpc) is 2.58. The van der Waals surface area contributed by atoms with Crippen LogP contribution in [0.4, 0.5) is 4.79 Å². The van der Waals surface area contributed by atoms with Crippen LogP contribution in [-0.4, -0.2) is 34.5 Å². The number of Topliss-reactive ketones (excluding diaryl/α,β-unsaturated/α-hetero) is 1. The van der Waals surface area contributed by atoms with Crippen molar-refractivity contribution in [3.63, 3.8) is 0 Å². The van der Waals surface area contributed by atoms with Gasteiger partial charge in [0.25, 0.3) is 0 Å². The molecule has 0 saturated carbocycles. The number of ether oxygens (including phenoxy) is 1. The summed E-state index contributed by atoms with van der Waals surface area (Å²) in [4.78, 5) is 27.3. The Bertz CT molecular complexity index is 469. The summed E-state index contributed by atoms with van der Waals surface area (Å²) in [5.41, 5.74) is -0.463. The van der Waals surface area contributed by atoms with E-state index in [0.717, 1.165) is 44.9 Å². The van der Waals surface area contributed by atoms with Crippen molar-refractivity contribution in [1.29, 1.82) is 0 Å². The summed E-state index contributed by atoms with van der Waals surface area (Å²) in [6, 6.07) is 0.380. The van der Waals surface area contributed by atoms with Crippen LogP contribution in [0.3, 0.4) is 0 Å². The van der Waals surface area contributed by atoms with Crippen molar-refractivity contribution >= 4 is 11.9 Å². The summed E-state index contributed by atoms with van der Waals surface area (Å²) >= 11 is 0. The van der Waals surface area contributed by atoms with Gasteiger partial charge in [-0.3, -0.25) is 4.79 Å². The lowest BCUT2D eigenvalue weighted by atomic mass is 9.76. The summed E-state index contributed by atoms with van der Waals surface area (Å²) in [7, 11) is 0. The topological polar surface area (TPSA) is 46.6 Å². The van der Waals surface area contributed by atoms with Crippen molar-refractivity contribution in [2.24, 2.45) is 5.92 Å². The number of unbranched alkanes of at least 4 members (excludes halogenated alkanes) is 6. The van der Waals surface area contributed by atoms with Crippen LogP contribution in [0.5, 0.6) is 0 Å². The third-order valence-electron chi connectivity index (χ3n) is 6.06. The Morgan fingerprint density at radius 2 is 1.48 bits per heavy atom. The van der Waals surface area contributed by atoms with E-state index in [4.69, 9.17) is 4.74 Å². The number of piperidine rings is 2. The minimum Gasteiger partial charge on any atom is -0.444 e. The van der Waals surface area contributed by atoms with Gasteiger partial charge in [-0.05, 0) is 59.3 Å². The van der Waals surface area contributed by atoms with E-state index in [9.17, 15) is 9.59 Å². The molecule has 0 aromatic heterocycles. The molecular weight excluding hydrogens is 338 g/mol. The number of hydrogen-bond acceptors (Lipinski definition) is 3. The molecule has 2 atom stereocenters. The van der Waals surface area contributed by atoms with Gasteiger partial charge in [0.2, 0.25) is 0 Å². The lowest BCUT2D eigenvalue weighted by Gasteiger charge is -2.48. The standard InChI is InChI=1S/C23H41NO3/c1-5-6-7-8-9-10-11-15-21(25)18-16-19-13-12-14-20(17-18)24(19)22(26)27-23(2,3)4/h18-20H,5-17H2,1-4H3. The zero-order valence-corrected chi connectivity index (χ0v) is 18.1. The molecule has 2 saturated heterocycles. The van der Waals surface area contributed by atoms with Gasteiger partial charge in [-0.15, -0.1) is 0 Å². The van der Waals surface area contributed by atoms with E-state index < -0.39 is 5.60 Å². The lowest BCUT2D eigenvalue weighted by molar-refractivity contribution is -0.127. The molecule has 2 bridgehead atoms. The molecule has 4 heteroatoms. The number of ketones is 1. The summed E-state index contributed by atoms with van der Waals surface area (Å²) in [6.07, 6.45) is 14.1. The Labute approximate surface area is 166 Å². The molecule has 1 amide bonds. The number of carbonyl (C=O) groups excluding carboxylic acids is 2. The molecule has 2 aliphatic heterocycles. The molecule has 2 fully saturated rings. The molecule has 27 heavy (non-hydrogen) atoms. The molecule has 2 aliphatic rings. The van der Waals surface area contributed by atoms with Crippen molar-refractivity contribution < 1.29 is 14.3 Å². The molecule has 0 aromatic carbocycles. The molecule has 0 aromatic rings. The van der Waals surface area contributed by atoms with E-state index >= 15 is 0 Å². The SMILES string of the molecule is CCCCCCCCCC(=O)C1CC2CCCC(C1)N2C(=O)OC(C)(C)C. The summed E-state index contributed by atoms with van der Waals surface area (Å²) < 4.78 is 5.63. The van der Waals surface area contributed by atoms with Crippen molar-refractivity contribution in [2.45, 2.75) is 129 Å². The number of fused-ring (bicyclic) bond motifs is 2. The molecule has 2 rings (SSSR count). The second-order valence-electron chi connectivity index (χ2n) is 9.63. The minimum atomic E-state index is -0.463. The van der Waals surface area contributed by atoms with Crippen LogP contribution in [0, 0.1) is 5.92 Å². The average molecular weight is 380 g/mol. The highest BCUT2D eigenvalue weighted by molar-refractivity contribution is 5.81. The van der Waals surface area contributed by atoms with Crippen LogP contribution < -0.4 is 0 Å². The first-order valence-electron chi connectivity index (χ1n) is 11.4. The van der Waals surface area contributed by atoms with Gasteiger partial charge in [-0.2, -0.15) is 0 Å². The van der Waals surface area contributed by atoms with Gasteiger partial charge in [0.15, 0.2) is 0 Å². The summed E-state index contributed by atoms with van der Waals surface area (Å²) in [5, 5.41) is 0. The predicted octanol–water partition coefficient (Wildman–Crippen LogP) is 6.26. The van der Waals surface area contributed by atoms with Gasteiger partial charge in [0.05, 0.1) is 0 Å². The van der Waals surface area contributed by atoms with Crippen LogP contribution in [0.25, 0.3) is 0 Å². The molecular formula is C23H41NO3. The fourth-order valence-electron chi connectivity index (χ4n) is 4.72. The number of amides is 1. The van der Waals surface area contributed by atoms with Crippen LogP contribution >= 0.6 is 0 Å². The largest absolute Gasteiger partial charge is 0.444 e. The second-order valence-corrected chi connectivity index (χ2v) is 9.63. The van der Waals surface area contributed by atoms with Gasteiger partial charge in [0.1, 0.15) is 11.4 Å². The van der Waals surface area contributed by atoms with Crippen molar-refractivity contribution in [3.05, 3.63) is 0 Å². The summed E-state index contributed by atoms with van der Waals surface area (Å²) in [6.45, 7) is 7.99. The molecule has 156 valence electrons. The van der Waals surface area contributed by atoms with E-state index in [0.29, 0.717) is 5.78 Å². The van der Waals surface area contributed by atoms with Gasteiger partial charge in [-0.1, -0.05) is 45.4 Å². The van der Waals surface area contributed by atoms with Crippen LogP contribution in [0.15, 0.2) is 0 Å². The molecule has 0 spiro atoms. The van der Waals surface area contributed by atoms with Crippen molar-refractivity contribution in [3.8, 4) is 0 Å². The highest BCUT2D eigenvalue weighted by atomic mass is 16.6. The molecule has 0 aliphatic carbocycles. The van der Waals surface area contributed by atoms with E-state index in [-0.39, 0.29) is 24.1 Å². The fraction of sp³-hybridized carbons (Fsp3) is 0.913. The third kappa shape index (κ3) is 7.12. The first-order valence-corrected chi connectivity index (χ1v) is 11.4. The molecule has 2 unspecified atom stereocenters. The van der Waals surface area contributed by atoms with E-state index in [1.165, 1.54) is 38.5 Å². The lowest BCUT2D eigenvalue weighted by Crippen LogP contribution is -2.56. The van der Waals surface area contributed by atoms with Gasteiger partial charge in [0, 0.05) is 24.4 Å².